The number of aromatic nitrogens is 2. The number of benzene rings is 1. The van der Waals surface area contributed by atoms with E-state index in [4.69, 9.17) is 16.3 Å². The van der Waals surface area contributed by atoms with E-state index in [9.17, 15) is 0 Å². The van der Waals surface area contributed by atoms with Crippen LogP contribution in [0, 0.1) is 6.92 Å². The summed E-state index contributed by atoms with van der Waals surface area (Å²) in [5, 5.41) is 3.58. The summed E-state index contributed by atoms with van der Waals surface area (Å²) < 4.78 is 5.23. The van der Waals surface area contributed by atoms with Crippen LogP contribution in [0.5, 0.6) is 5.75 Å². The zero-order chi connectivity index (χ0) is 14.8. The Morgan fingerprint density at radius 1 is 1.33 bits per heavy atom. The minimum absolute atomic E-state index is 0.215. The van der Waals surface area contributed by atoms with Crippen molar-refractivity contribution < 1.29 is 4.74 Å². The number of halogens is 1. The van der Waals surface area contributed by atoms with Gasteiger partial charge in [0.05, 0.1) is 29.5 Å². The number of hydrogen-bond donors (Lipinski definition) is 1. The van der Waals surface area contributed by atoms with Gasteiger partial charge in [0.15, 0.2) is 0 Å². The van der Waals surface area contributed by atoms with Crippen molar-refractivity contribution in [2.75, 3.05) is 13.7 Å². The van der Waals surface area contributed by atoms with Gasteiger partial charge in [0, 0.05) is 24.0 Å². The lowest BCUT2D eigenvalue weighted by atomic mass is 10.2. The fourth-order valence-corrected chi connectivity index (χ4v) is 2.78. The molecule has 0 spiro atoms. The van der Waals surface area contributed by atoms with Gasteiger partial charge in [-0.25, -0.2) is 9.97 Å². The molecule has 2 aromatic rings. The molecule has 0 amide bonds. The van der Waals surface area contributed by atoms with E-state index in [-0.39, 0.29) is 5.38 Å². The van der Waals surface area contributed by atoms with E-state index in [0.717, 1.165) is 41.1 Å². The summed E-state index contributed by atoms with van der Waals surface area (Å²) in [4.78, 5) is 9.27. The van der Waals surface area contributed by atoms with Crippen molar-refractivity contribution in [3.8, 4) is 5.75 Å². The third kappa shape index (κ3) is 3.17. The average Bonchev–Trinajstić information content (AvgIpc) is 2.90. The number of nitrogens with zero attached hydrogens (tertiary/aromatic N) is 2. The van der Waals surface area contributed by atoms with Crippen LogP contribution in [0.1, 0.15) is 17.8 Å². The largest absolute Gasteiger partial charge is 0.497 e. The number of aryl methyl sites for hydroxylation is 1. The maximum atomic E-state index is 6.09. The molecular weight excluding hydrogens is 286 g/mol. The van der Waals surface area contributed by atoms with Crippen molar-refractivity contribution in [1.82, 2.24) is 15.3 Å². The van der Waals surface area contributed by atoms with E-state index >= 15 is 0 Å². The molecule has 3 rings (SSSR count). The Morgan fingerprint density at radius 3 is 2.90 bits per heavy atom. The smallest absolute Gasteiger partial charge is 0.121 e. The van der Waals surface area contributed by atoms with Crippen LogP contribution >= 0.6 is 11.6 Å². The van der Waals surface area contributed by atoms with Crippen molar-refractivity contribution in [3.63, 3.8) is 0 Å². The molecule has 1 aromatic heterocycles. The second kappa shape index (κ2) is 6.00. The fraction of sp³-hybridized carbons (Fsp3) is 0.375. The molecule has 21 heavy (non-hydrogen) atoms. The Kier molecular flexibility index (Phi) is 4.08. The number of nitrogens with one attached hydrogen (secondary N) is 1. The van der Waals surface area contributed by atoms with Crippen molar-refractivity contribution in [2.24, 2.45) is 0 Å². The summed E-state index contributed by atoms with van der Waals surface area (Å²) in [6.45, 7) is 2.83. The lowest BCUT2D eigenvalue weighted by Crippen LogP contribution is -2.18. The third-order valence-corrected chi connectivity index (χ3v) is 4.01. The zero-order valence-electron chi connectivity index (χ0n) is 12.1. The molecule has 0 saturated carbocycles. The second-order valence-corrected chi connectivity index (χ2v) is 5.87. The third-order valence-electron chi connectivity index (χ3n) is 3.68. The summed E-state index contributed by atoms with van der Waals surface area (Å²) in [6.07, 6.45) is 5.09. The first-order valence-corrected chi connectivity index (χ1v) is 7.47. The Hall–Kier alpha value is -1.65. The average molecular weight is 304 g/mol. The van der Waals surface area contributed by atoms with Gasteiger partial charge < -0.3 is 10.1 Å². The van der Waals surface area contributed by atoms with Crippen LogP contribution in [-0.4, -0.2) is 35.0 Å². The highest BCUT2D eigenvalue weighted by molar-refractivity contribution is 6.21. The maximum absolute atomic E-state index is 6.09. The maximum Gasteiger partial charge on any atom is 0.121 e. The Bertz CT molecular complexity index is 687. The Balaban J connectivity index is 1.90. The summed E-state index contributed by atoms with van der Waals surface area (Å²) >= 11 is 6.09. The van der Waals surface area contributed by atoms with E-state index in [2.05, 4.69) is 21.4 Å². The monoisotopic (exact) mass is 303 g/mol. The minimum atomic E-state index is 0.215. The molecule has 1 fully saturated rings. The van der Waals surface area contributed by atoms with Gasteiger partial charge in [-0.15, -0.1) is 11.6 Å². The number of fused-ring (bicyclic) bond motifs is 1. The standard InChI is InChI=1S/C16H18ClN3O/c1-10-14(5-3-12-7-11(17)9-18-12)20-16-8-13(21-2)4-6-15(16)19-10/h3-6,8,11-12,18H,7,9H2,1-2H3. The molecule has 2 heterocycles. The van der Waals surface area contributed by atoms with Crippen LogP contribution in [0.15, 0.2) is 24.3 Å². The first kappa shape index (κ1) is 14.3. The normalized spacial score (nSPS) is 22.2. The van der Waals surface area contributed by atoms with E-state index in [1.165, 1.54) is 0 Å². The molecule has 2 atom stereocenters. The molecule has 4 nitrogen and oxygen atoms in total. The van der Waals surface area contributed by atoms with Gasteiger partial charge >= 0.3 is 0 Å². The Morgan fingerprint density at radius 2 is 2.19 bits per heavy atom. The van der Waals surface area contributed by atoms with Gasteiger partial charge in [0.1, 0.15) is 5.75 Å². The zero-order valence-corrected chi connectivity index (χ0v) is 12.9. The topological polar surface area (TPSA) is 47.0 Å². The molecule has 1 N–H and O–H groups in total. The molecule has 0 aliphatic carbocycles. The van der Waals surface area contributed by atoms with Crippen LogP contribution in [0.4, 0.5) is 0 Å². The lowest BCUT2D eigenvalue weighted by molar-refractivity contribution is 0.415. The predicted molar refractivity (Wildman–Crippen MR) is 85.9 cm³/mol. The molecule has 1 aromatic carbocycles. The van der Waals surface area contributed by atoms with Gasteiger partial charge in [-0.05, 0) is 31.6 Å². The number of hydrogen-bond acceptors (Lipinski definition) is 4. The van der Waals surface area contributed by atoms with E-state index in [0.29, 0.717) is 6.04 Å². The van der Waals surface area contributed by atoms with Gasteiger partial charge in [0.2, 0.25) is 0 Å². The number of alkyl halides is 1. The summed E-state index contributed by atoms with van der Waals surface area (Å²) in [5.74, 6) is 0.790. The van der Waals surface area contributed by atoms with Gasteiger partial charge in [-0.3, -0.25) is 0 Å². The van der Waals surface area contributed by atoms with Crippen LogP contribution in [0.25, 0.3) is 17.1 Å². The van der Waals surface area contributed by atoms with Gasteiger partial charge in [-0.1, -0.05) is 6.08 Å². The molecule has 0 radical (unpaired) electrons. The SMILES string of the molecule is COc1ccc2nc(C)c(C=CC3CC(Cl)CN3)nc2c1. The number of methoxy groups -OCH3 is 1. The quantitative estimate of drug-likeness (QED) is 0.886. The van der Waals surface area contributed by atoms with Crippen molar-refractivity contribution >= 4 is 28.7 Å². The van der Waals surface area contributed by atoms with Gasteiger partial charge in [0.25, 0.3) is 0 Å². The molecule has 1 aliphatic heterocycles. The molecule has 2 unspecified atom stereocenters. The predicted octanol–water partition coefficient (Wildman–Crippen LogP) is 2.93. The Labute approximate surface area is 129 Å². The lowest BCUT2D eigenvalue weighted by Gasteiger charge is -2.06. The molecule has 1 saturated heterocycles. The summed E-state index contributed by atoms with van der Waals surface area (Å²) in [5.41, 5.74) is 3.53. The molecule has 110 valence electrons. The second-order valence-electron chi connectivity index (χ2n) is 5.26. The van der Waals surface area contributed by atoms with Crippen LogP contribution in [-0.2, 0) is 0 Å². The van der Waals surface area contributed by atoms with E-state index < -0.39 is 0 Å². The van der Waals surface area contributed by atoms with Crippen LogP contribution < -0.4 is 10.1 Å². The highest BCUT2D eigenvalue weighted by Gasteiger charge is 2.19. The molecule has 0 bridgehead atoms. The minimum Gasteiger partial charge on any atom is -0.497 e. The number of rotatable bonds is 3. The molecule has 1 aliphatic rings. The highest BCUT2D eigenvalue weighted by Crippen LogP contribution is 2.20. The fourth-order valence-electron chi connectivity index (χ4n) is 2.50. The van der Waals surface area contributed by atoms with Crippen molar-refractivity contribution in [3.05, 3.63) is 35.7 Å². The number of ether oxygens (including phenoxy) is 1. The highest BCUT2D eigenvalue weighted by atomic mass is 35.5. The first-order valence-electron chi connectivity index (χ1n) is 7.04. The summed E-state index contributed by atoms with van der Waals surface area (Å²) in [7, 11) is 1.65. The summed E-state index contributed by atoms with van der Waals surface area (Å²) in [6, 6.07) is 6.05. The van der Waals surface area contributed by atoms with Crippen molar-refractivity contribution in [1.29, 1.82) is 0 Å². The first-order chi connectivity index (χ1) is 10.2. The van der Waals surface area contributed by atoms with E-state index in [1.54, 1.807) is 7.11 Å². The van der Waals surface area contributed by atoms with Crippen LogP contribution in [0.3, 0.4) is 0 Å². The van der Waals surface area contributed by atoms with Gasteiger partial charge in [-0.2, -0.15) is 0 Å². The van der Waals surface area contributed by atoms with Crippen LogP contribution in [0.2, 0.25) is 0 Å². The molecular formula is C16H18ClN3O. The molecule has 5 heteroatoms. The van der Waals surface area contributed by atoms with E-state index in [1.807, 2.05) is 31.2 Å². The van der Waals surface area contributed by atoms with Crippen molar-refractivity contribution in [2.45, 2.75) is 24.8 Å².